The lowest BCUT2D eigenvalue weighted by atomic mass is 10.3. The Morgan fingerprint density at radius 3 is 2.30 bits per heavy atom. The number of aromatic nitrogens is 1. The van der Waals surface area contributed by atoms with E-state index in [1.165, 1.54) is 0 Å². The number of aromatic amines is 1. The Morgan fingerprint density at radius 2 is 2.10 bits per heavy atom. The molecule has 1 heterocycles. The molecule has 0 spiro atoms. The monoisotopic (exact) mass is 139 g/mol. The van der Waals surface area contributed by atoms with Crippen LogP contribution < -0.4 is 0 Å². The maximum absolute atomic E-state index is 9.99. The molecule has 1 rings (SSSR count). The number of aryl methyl sites for hydroxylation is 1. The molecule has 2 nitrogen and oxygen atoms in total. The molecule has 0 saturated heterocycles. The number of aldehydes is 1. The van der Waals surface area contributed by atoms with Crippen LogP contribution in [0, 0.1) is 6.92 Å². The predicted molar refractivity (Wildman–Crippen MR) is 42.3 cm³/mol. The van der Waals surface area contributed by atoms with E-state index >= 15 is 0 Å². The van der Waals surface area contributed by atoms with Crippen molar-refractivity contribution >= 4 is 6.29 Å². The molecule has 1 aromatic heterocycles. The number of hydrogen-bond acceptors (Lipinski definition) is 1. The van der Waals surface area contributed by atoms with Crippen molar-refractivity contribution in [2.45, 2.75) is 20.8 Å². The highest BCUT2D eigenvalue weighted by atomic mass is 16.1. The second kappa shape index (κ2) is 4.79. The van der Waals surface area contributed by atoms with Gasteiger partial charge in [-0.25, -0.2) is 0 Å². The molecule has 10 heavy (non-hydrogen) atoms. The average Bonchev–Trinajstić information content (AvgIpc) is 2.40. The van der Waals surface area contributed by atoms with E-state index in [2.05, 4.69) is 4.98 Å². The van der Waals surface area contributed by atoms with Crippen molar-refractivity contribution in [1.82, 2.24) is 4.98 Å². The molecular weight excluding hydrogens is 126 g/mol. The van der Waals surface area contributed by atoms with E-state index in [-0.39, 0.29) is 0 Å². The molecule has 0 aliphatic heterocycles. The van der Waals surface area contributed by atoms with Gasteiger partial charge in [-0.2, -0.15) is 0 Å². The second-order valence-corrected chi connectivity index (χ2v) is 1.75. The van der Waals surface area contributed by atoms with Gasteiger partial charge in [0.05, 0.1) is 5.69 Å². The summed E-state index contributed by atoms with van der Waals surface area (Å²) in [6.45, 7) is 5.93. The van der Waals surface area contributed by atoms with Crippen LogP contribution in [0.25, 0.3) is 0 Å². The molecule has 0 unspecified atom stereocenters. The largest absolute Gasteiger partial charge is 0.359 e. The molecule has 0 atom stereocenters. The van der Waals surface area contributed by atoms with Gasteiger partial charge in [-0.15, -0.1) is 0 Å². The van der Waals surface area contributed by atoms with Gasteiger partial charge in [-0.1, -0.05) is 13.8 Å². The van der Waals surface area contributed by atoms with Crippen molar-refractivity contribution in [1.29, 1.82) is 0 Å². The summed E-state index contributed by atoms with van der Waals surface area (Å²) < 4.78 is 0. The van der Waals surface area contributed by atoms with Crippen LogP contribution in [0.3, 0.4) is 0 Å². The molecule has 0 aliphatic rings. The van der Waals surface area contributed by atoms with Gasteiger partial charge < -0.3 is 4.98 Å². The smallest absolute Gasteiger partial charge is 0.166 e. The van der Waals surface area contributed by atoms with Crippen molar-refractivity contribution in [2.24, 2.45) is 0 Å². The predicted octanol–water partition coefficient (Wildman–Crippen LogP) is 2.16. The van der Waals surface area contributed by atoms with Crippen LogP contribution in [0.2, 0.25) is 0 Å². The zero-order valence-corrected chi connectivity index (χ0v) is 6.64. The van der Waals surface area contributed by atoms with Crippen LogP contribution in [-0.4, -0.2) is 11.3 Å². The van der Waals surface area contributed by atoms with Gasteiger partial charge in [-0.05, 0) is 18.6 Å². The first-order valence-corrected chi connectivity index (χ1v) is 3.43. The van der Waals surface area contributed by atoms with Crippen LogP contribution >= 0.6 is 0 Å². The minimum absolute atomic E-state index is 0.641. The molecule has 56 valence electrons. The van der Waals surface area contributed by atoms with Crippen molar-refractivity contribution in [2.75, 3.05) is 0 Å². The highest BCUT2D eigenvalue weighted by Crippen LogP contribution is 1.96. The maximum Gasteiger partial charge on any atom is 0.166 e. The summed E-state index contributed by atoms with van der Waals surface area (Å²) in [7, 11) is 0. The van der Waals surface area contributed by atoms with E-state index in [1.807, 2.05) is 20.8 Å². The molecule has 0 fully saturated rings. The summed E-state index contributed by atoms with van der Waals surface area (Å²) in [4.78, 5) is 12.8. The number of H-pyrrole nitrogens is 1. The normalized spacial score (nSPS) is 7.90. The topological polar surface area (TPSA) is 32.9 Å². The molecule has 1 aromatic rings. The number of carbonyl (C=O) groups excluding carboxylic acids is 1. The van der Waals surface area contributed by atoms with E-state index in [0.717, 1.165) is 11.8 Å². The van der Waals surface area contributed by atoms with Crippen molar-refractivity contribution < 1.29 is 4.79 Å². The summed E-state index contributed by atoms with van der Waals surface area (Å²) >= 11 is 0. The fourth-order valence-corrected chi connectivity index (χ4v) is 0.594. The third-order valence-corrected chi connectivity index (χ3v) is 0.977. The van der Waals surface area contributed by atoms with E-state index in [1.54, 1.807) is 12.3 Å². The lowest BCUT2D eigenvalue weighted by Gasteiger charge is -1.71. The van der Waals surface area contributed by atoms with Gasteiger partial charge in [0.25, 0.3) is 0 Å². The number of nitrogens with one attached hydrogen (secondary N) is 1. The first kappa shape index (κ1) is 8.95. The number of rotatable bonds is 1. The average molecular weight is 139 g/mol. The molecule has 2 heteroatoms. The molecule has 1 N–H and O–H groups in total. The molecule has 0 saturated carbocycles. The highest BCUT2D eigenvalue weighted by Gasteiger charge is 1.88. The lowest BCUT2D eigenvalue weighted by Crippen LogP contribution is -1.72. The van der Waals surface area contributed by atoms with Gasteiger partial charge in [0.2, 0.25) is 0 Å². The number of hydrogen-bond donors (Lipinski definition) is 1. The third kappa shape index (κ3) is 2.49. The first-order valence-electron chi connectivity index (χ1n) is 3.43. The Labute approximate surface area is 61.3 Å². The van der Waals surface area contributed by atoms with E-state index in [4.69, 9.17) is 0 Å². The van der Waals surface area contributed by atoms with Crippen molar-refractivity contribution in [3.05, 3.63) is 23.5 Å². The van der Waals surface area contributed by atoms with Gasteiger partial charge in [0.15, 0.2) is 6.29 Å². The Balaban J connectivity index is 0.000000371. The minimum atomic E-state index is 0.641. The Morgan fingerprint density at radius 1 is 1.50 bits per heavy atom. The van der Waals surface area contributed by atoms with Gasteiger partial charge in [0, 0.05) is 6.20 Å². The van der Waals surface area contributed by atoms with Crippen LogP contribution in [-0.2, 0) is 0 Å². The summed E-state index contributed by atoms with van der Waals surface area (Å²) in [5.74, 6) is 0. The van der Waals surface area contributed by atoms with Gasteiger partial charge in [0.1, 0.15) is 0 Å². The van der Waals surface area contributed by atoms with Crippen LogP contribution in [0.15, 0.2) is 12.3 Å². The maximum atomic E-state index is 9.99. The van der Waals surface area contributed by atoms with E-state index in [9.17, 15) is 4.79 Å². The summed E-state index contributed by atoms with van der Waals surface area (Å²) in [6.07, 6.45) is 2.59. The molecular formula is C8H13NO. The molecule has 0 amide bonds. The zero-order valence-electron chi connectivity index (χ0n) is 6.64. The fourth-order valence-electron chi connectivity index (χ4n) is 0.594. The molecule has 0 bridgehead atoms. The van der Waals surface area contributed by atoms with Gasteiger partial charge >= 0.3 is 0 Å². The molecule has 0 aromatic carbocycles. The van der Waals surface area contributed by atoms with Crippen molar-refractivity contribution in [3.63, 3.8) is 0 Å². The van der Waals surface area contributed by atoms with E-state index in [0.29, 0.717) is 5.69 Å². The van der Waals surface area contributed by atoms with E-state index < -0.39 is 0 Å². The Bertz CT molecular complexity index is 191. The minimum Gasteiger partial charge on any atom is -0.359 e. The summed E-state index contributed by atoms with van der Waals surface area (Å²) in [6, 6.07) is 1.80. The first-order chi connectivity index (χ1) is 4.83. The van der Waals surface area contributed by atoms with Gasteiger partial charge in [-0.3, -0.25) is 4.79 Å². The third-order valence-electron chi connectivity index (χ3n) is 0.977. The zero-order chi connectivity index (χ0) is 7.98. The van der Waals surface area contributed by atoms with Crippen LogP contribution in [0.5, 0.6) is 0 Å². The van der Waals surface area contributed by atoms with Crippen LogP contribution in [0.4, 0.5) is 0 Å². The van der Waals surface area contributed by atoms with Crippen molar-refractivity contribution in [3.8, 4) is 0 Å². The standard InChI is InChI=1S/C6H7NO.C2H6/c1-5-2-6(4-8)7-3-5;1-2/h2-4,7H,1H3;1-2H3. The summed E-state index contributed by atoms with van der Waals surface area (Å²) in [5.41, 5.74) is 1.73. The number of carbonyl (C=O) groups is 1. The molecule has 0 radical (unpaired) electrons. The summed E-state index contributed by atoms with van der Waals surface area (Å²) in [5, 5.41) is 0. The highest BCUT2D eigenvalue weighted by molar-refractivity contribution is 5.72. The Hall–Kier alpha value is -1.05. The lowest BCUT2D eigenvalue weighted by molar-refractivity contribution is 0.111. The Kier molecular flexibility index (Phi) is 4.29. The van der Waals surface area contributed by atoms with Crippen LogP contribution in [0.1, 0.15) is 29.9 Å². The quantitative estimate of drug-likeness (QED) is 0.594. The fraction of sp³-hybridized carbons (Fsp3) is 0.375. The SMILES string of the molecule is CC.Cc1c[nH]c(C=O)c1. The molecule has 0 aliphatic carbocycles. The second-order valence-electron chi connectivity index (χ2n) is 1.75.